The number of hydrogen-bond donors (Lipinski definition) is 1. The van der Waals surface area contributed by atoms with Crippen molar-refractivity contribution in [1.82, 2.24) is 9.80 Å². The second-order valence-corrected chi connectivity index (χ2v) is 4.37. The van der Waals surface area contributed by atoms with Crippen LogP contribution in [0.15, 0.2) is 0 Å². The van der Waals surface area contributed by atoms with E-state index in [2.05, 4.69) is 0 Å². The van der Waals surface area contributed by atoms with Gasteiger partial charge in [0.1, 0.15) is 6.04 Å². The third-order valence-corrected chi connectivity index (χ3v) is 3.11. The molecular formula is C11H21ClN2O3. The molecule has 1 aliphatic heterocycles. The largest absolute Gasteiger partial charge is 0.480 e. The van der Waals surface area contributed by atoms with Crippen molar-refractivity contribution < 1.29 is 14.7 Å². The van der Waals surface area contributed by atoms with Crippen LogP contribution in [0.3, 0.4) is 0 Å². The second-order valence-electron chi connectivity index (χ2n) is 4.37. The zero-order valence-corrected chi connectivity index (χ0v) is 11.2. The molecule has 1 amide bonds. The molecule has 17 heavy (non-hydrogen) atoms. The first kappa shape index (κ1) is 16.2. The van der Waals surface area contributed by atoms with Gasteiger partial charge in [-0.2, -0.15) is 0 Å². The Bertz CT molecular complexity index is 267. The lowest BCUT2D eigenvalue weighted by atomic mass is 10.1. The molecule has 6 heteroatoms. The van der Waals surface area contributed by atoms with Gasteiger partial charge in [-0.25, -0.2) is 0 Å². The molecule has 0 radical (unpaired) electrons. The third-order valence-electron chi connectivity index (χ3n) is 3.11. The van der Waals surface area contributed by atoms with Gasteiger partial charge in [0.05, 0.1) is 6.54 Å². The van der Waals surface area contributed by atoms with Crippen LogP contribution in [-0.4, -0.2) is 59.5 Å². The molecular weight excluding hydrogens is 244 g/mol. The summed E-state index contributed by atoms with van der Waals surface area (Å²) in [7, 11) is 1.67. The topological polar surface area (TPSA) is 60.9 Å². The number of hydrogen-bond acceptors (Lipinski definition) is 3. The van der Waals surface area contributed by atoms with Gasteiger partial charge in [0.25, 0.3) is 0 Å². The normalized spacial score (nSPS) is 17.5. The standard InChI is InChI=1S/C11H20N2O3.ClH/c1-9(11(15)16)12(2)8-10(14)13-6-4-3-5-7-13;/h9H,3-8H2,1-2H3,(H,15,16);1H. The monoisotopic (exact) mass is 264 g/mol. The molecule has 100 valence electrons. The van der Waals surface area contributed by atoms with Crippen LogP contribution in [0, 0.1) is 0 Å². The van der Waals surface area contributed by atoms with E-state index in [1.165, 1.54) is 6.42 Å². The van der Waals surface area contributed by atoms with Crippen molar-refractivity contribution in [1.29, 1.82) is 0 Å². The summed E-state index contributed by atoms with van der Waals surface area (Å²) in [6.07, 6.45) is 3.30. The van der Waals surface area contributed by atoms with Crippen molar-refractivity contribution >= 4 is 24.3 Å². The minimum absolute atomic E-state index is 0. The molecule has 1 heterocycles. The summed E-state index contributed by atoms with van der Waals surface area (Å²) in [6, 6.07) is -0.617. The van der Waals surface area contributed by atoms with Crippen molar-refractivity contribution in [3.63, 3.8) is 0 Å². The van der Waals surface area contributed by atoms with Gasteiger partial charge < -0.3 is 10.0 Å². The Kier molecular flexibility index (Phi) is 7.15. The first-order valence-electron chi connectivity index (χ1n) is 5.73. The average Bonchev–Trinajstić information content (AvgIpc) is 2.28. The molecule has 0 aromatic carbocycles. The van der Waals surface area contributed by atoms with Crippen LogP contribution >= 0.6 is 12.4 Å². The Morgan fingerprint density at radius 3 is 2.29 bits per heavy atom. The van der Waals surface area contributed by atoms with Gasteiger partial charge in [-0.1, -0.05) is 0 Å². The molecule has 5 nitrogen and oxygen atoms in total. The fourth-order valence-corrected chi connectivity index (χ4v) is 1.78. The fraction of sp³-hybridized carbons (Fsp3) is 0.818. The summed E-state index contributed by atoms with van der Waals surface area (Å²) in [6.45, 7) is 3.40. The SMILES string of the molecule is CC(C(=O)O)N(C)CC(=O)N1CCCCC1.Cl. The fourth-order valence-electron chi connectivity index (χ4n) is 1.78. The first-order valence-corrected chi connectivity index (χ1v) is 5.73. The number of amides is 1. The summed E-state index contributed by atoms with van der Waals surface area (Å²) in [4.78, 5) is 26.0. The smallest absolute Gasteiger partial charge is 0.320 e. The van der Waals surface area contributed by atoms with Gasteiger partial charge in [0, 0.05) is 13.1 Å². The third kappa shape index (κ3) is 4.91. The highest BCUT2D eigenvalue weighted by atomic mass is 35.5. The van der Waals surface area contributed by atoms with E-state index in [4.69, 9.17) is 5.11 Å². The minimum Gasteiger partial charge on any atom is -0.480 e. The van der Waals surface area contributed by atoms with Gasteiger partial charge in [-0.3, -0.25) is 14.5 Å². The maximum absolute atomic E-state index is 11.8. The molecule has 1 fully saturated rings. The Balaban J connectivity index is 0.00000256. The van der Waals surface area contributed by atoms with Crippen molar-refractivity contribution in [2.45, 2.75) is 32.2 Å². The first-order chi connectivity index (χ1) is 7.52. The number of piperidine rings is 1. The van der Waals surface area contributed by atoms with Gasteiger partial charge in [-0.15, -0.1) is 12.4 Å². The molecule has 0 spiro atoms. The van der Waals surface area contributed by atoms with E-state index in [1.54, 1.807) is 18.9 Å². The Morgan fingerprint density at radius 2 is 1.82 bits per heavy atom. The van der Waals surface area contributed by atoms with Crippen LogP contribution in [0.5, 0.6) is 0 Å². The number of carboxylic acid groups (broad SMARTS) is 1. The summed E-state index contributed by atoms with van der Waals surface area (Å²) in [5, 5.41) is 8.81. The highest BCUT2D eigenvalue weighted by molar-refractivity contribution is 5.85. The number of likely N-dealkylation sites (N-methyl/N-ethyl adjacent to an activating group) is 1. The van der Waals surface area contributed by atoms with E-state index in [9.17, 15) is 9.59 Å². The van der Waals surface area contributed by atoms with Gasteiger partial charge in [0.15, 0.2) is 0 Å². The summed E-state index contributed by atoms with van der Waals surface area (Å²) in [5.74, 6) is -0.857. The second kappa shape index (κ2) is 7.50. The Morgan fingerprint density at radius 1 is 1.29 bits per heavy atom. The molecule has 1 rings (SSSR count). The van der Waals surface area contributed by atoms with E-state index in [-0.39, 0.29) is 24.9 Å². The summed E-state index contributed by atoms with van der Waals surface area (Å²) in [5.41, 5.74) is 0. The predicted molar refractivity (Wildman–Crippen MR) is 67.4 cm³/mol. The van der Waals surface area contributed by atoms with Crippen LogP contribution in [0.1, 0.15) is 26.2 Å². The molecule has 1 aliphatic rings. The van der Waals surface area contributed by atoms with Crippen LogP contribution < -0.4 is 0 Å². The molecule has 0 aromatic rings. The van der Waals surface area contributed by atoms with Gasteiger partial charge in [-0.05, 0) is 33.2 Å². The molecule has 0 aliphatic carbocycles. The van der Waals surface area contributed by atoms with Gasteiger partial charge in [0.2, 0.25) is 5.91 Å². The minimum atomic E-state index is -0.894. The van der Waals surface area contributed by atoms with E-state index in [1.807, 2.05) is 4.90 Å². The molecule has 1 saturated heterocycles. The maximum Gasteiger partial charge on any atom is 0.320 e. The lowest BCUT2D eigenvalue weighted by Gasteiger charge is -2.29. The molecule has 1 atom stereocenters. The van der Waals surface area contributed by atoms with Crippen molar-refractivity contribution in [3.8, 4) is 0 Å². The predicted octanol–water partition coefficient (Wildman–Crippen LogP) is 0.826. The number of carbonyl (C=O) groups excluding carboxylic acids is 1. The highest BCUT2D eigenvalue weighted by Gasteiger charge is 2.22. The molecule has 0 saturated carbocycles. The zero-order chi connectivity index (χ0) is 12.1. The lowest BCUT2D eigenvalue weighted by Crippen LogP contribution is -2.45. The number of carboxylic acids is 1. The molecule has 0 aromatic heterocycles. The van der Waals surface area contributed by atoms with Crippen LogP contribution in [0.25, 0.3) is 0 Å². The Labute approximate surface area is 108 Å². The van der Waals surface area contributed by atoms with Crippen LogP contribution in [0.2, 0.25) is 0 Å². The summed E-state index contributed by atoms with van der Waals surface area (Å²) >= 11 is 0. The maximum atomic E-state index is 11.8. The van der Waals surface area contributed by atoms with Gasteiger partial charge >= 0.3 is 5.97 Å². The number of aliphatic carboxylic acids is 1. The average molecular weight is 265 g/mol. The van der Waals surface area contributed by atoms with Crippen LogP contribution in [0.4, 0.5) is 0 Å². The highest BCUT2D eigenvalue weighted by Crippen LogP contribution is 2.09. The number of likely N-dealkylation sites (tertiary alicyclic amines) is 1. The number of rotatable bonds is 4. The van der Waals surface area contributed by atoms with E-state index < -0.39 is 12.0 Å². The lowest BCUT2D eigenvalue weighted by molar-refractivity contribution is -0.143. The zero-order valence-electron chi connectivity index (χ0n) is 10.4. The van der Waals surface area contributed by atoms with E-state index in [0.717, 1.165) is 25.9 Å². The molecule has 1 unspecified atom stereocenters. The summed E-state index contributed by atoms with van der Waals surface area (Å²) < 4.78 is 0. The molecule has 1 N–H and O–H groups in total. The Hall–Kier alpha value is -0.810. The number of carbonyl (C=O) groups is 2. The number of halogens is 1. The van der Waals surface area contributed by atoms with Crippen molar-refractivity contribution in [3.05, 3.63) is 0 Å². The van der Waals surface area contributed by atoms with E-state index in [0.29, 0.717) is 0 Å². The molecule has 0 bridgehead atoms. The van der Waals surface area contributed by atoms with Crippen molar-refractivity contribution in [2.75, 3.05) is 26.7 Å². The van der Waals surface area contributed by atoms with Crippen LogP contribution in [-0.2, 0) is 9.59 Å². The van der Waals surface area contributed by atoms with E-state index >= 15 is 0 Å². The quantitative estimate of drug-likeness (QED) is 0.817. The number of nitrogens with zero attached hydrogens (tertiary/aromatic N) is 2. The van der Waals surface area contributed by atoms with Crippen molar-refractivity contribution in [2.24, 2.45) is 0 Å².